The van der Waals surface area contributed by atoms with Crippen molar-refractivity contribution in [2.75, 3.05) is 6.61 Å². The molecule has 0 amide bonds. The average molecular weight is 294 g/mol. The summed E-state index contributed by atoms with van der Waals surface area (Å²) in [6.45, 7) is 0.763. The van der Waals surface area contributed by atoms with Crippen LogP contribution in [0.3, 0.4) is 0 Å². The quantitative estimate of drug-likeness (QED) is 0.788. The molecule has 4 rings (SSSR count). The van der Waals surface area contributed by atoms with Crippen LogP contribution in [0.4, 0.5) is 0 Å². The zero-order valence-corrected chi connectivity index (χ0v) is 11.8. The van der Waals surface area contributed by atoms with Crippen molar-refractivity contribution in [3.8, 4) is 32.8 Å². The molecule has 1 N–H and O–H groups in total. The molecule has 0 aliphatic carbocycles. The van der Waals surface area contributed by atoms with E-state index in [1.54, 1.807) is 11.3 Å². The third-order valence-electron chi connectivity index (χ3n) is 3.47. The number of aromatic amines is 1. The minimum absolute atomic E-state index is 0.325. The van der Waals surface area contributed by atoms with Gasteiger partial charge in [0.25, 0.3) is 0 Å². The third-order valence-corrected chi connectivity index (χ3v) is 4.61. The number of hydrogen-bond donors (Lipinski definition) is 1. The molecule has 1 aliphatic heterocycles. The maximum Gasteiger partial charge on any atom is 0.191 e. The van der Waals surface area contributed by atoms with Crippen molar-refractivity contribution >= 4 is 11.3 Å². The lowest BCUT2D eigenvalue weighted by molar-refractivity contribution is 0.357. The second kappa shape index (κ2) is 4.72. The summed E-state index contributed by atoms with van der Waals surface area (Å²) < 4.78 is 5.53. The molecule has 0 unspecified atom stereocenters. The first-order valence-electron chi connectivity index (χ1n) is 6.52. The van der Waals surface area contributed by atoms with E-state index in [1.165, 1.54) is 5.56 Å². The van der Waals surface area contributed by atoms with E-state index in [1.807, 2.05) is 24.3 Å². The van der Waals surface area contributed by atoms with Gasteiger partial charge < -0.3 is 4.74 Å². The third kappa shape index (κ3) is 1.99. The van der Waals surface area contributed by atoms with Gasteiger partial charge in [-0.05, 0) is 41.5 Å². The molecule has 1 aromatic carbocycles. The van der Waals surface area contributed by atoms with Crippen LogP contribution in [0, 0.1) is 11.3 Å². The van der Waals surface area contributed by atoms with Gasteiger partial charge in [0.15, 0.2) is 5.69 Å². The van der Waals surface area contributed by atoms with Crippen LogP contribution in [0.25, 0.3) is 21.0 Å². The highest BCUT2D eigenvalue weighted by molar-refractivity contribution is 7.18. The van der Waals surface area contributed by atoms with Gasteiger partial charge in [0, 0.05) is 11.3 Å². The van der Waals surface area contributed by atoms with Gasteiger partial charge >= 0.3 is 0 Å². The first-order chi connectivity index (χ1) is 10.3. The summed E-state index contributed by atoms with van der Waals surface area (Å²) in [5.41, 5.74) is 3.35. The summed E-state index contributed by atoms with van der Waals surface area (Å²) in [7, 11) is 0. The van der Waals surface area contributed by atoms with Crippen molar-refractivity contribution in [1.29, 1.82) is 5.26 Å². The Morgan fingerprint density at radius 2 is 2.10 bits per heavy atom. The summed E-state index contributed by atoms with van der Waals surface area (Å²) in [5, 5.41) is 19.4. The number of thiophene rings is 1. The molecule has 5 nitrogen and oxygen atoms in total. The Balaban J connectivity index is 1.73. The van der Waals surface area contributed by atoms with E-state index in [-0.39, 0.29) is 0 Å². The van der Waals surface area contributed by atoms with Crippen LogP contribution in [-0.2, 0) is 6.42 Å². The molecule has 1 aliphatic rings. The van der Waals surface area contributed by atoms with E-state index in [2.05, 4.69) is 27.5 Å². The predicted molar refractivity (Wildman–Crippen MR) is 79.0 cm³/mol. The number of nitrogens with zero attached hydrogens (tertiary/aromatic N) is 3. The van der Waals surface area contributed by atoms with Gasteiger partial charge in [0.05, 0.1) is 11.5 Å². The predicted octanol–water partition coefficient (Wildman–Crippen LogP) is 3.01. The van der Waals surface area contributed by atoms with Crippen LogP contribution in [0.15, 0.2) is 30.3 Å². The van der Waals surface area contributed by atoms with Crippen LogP contribution in [0.2, 0.25) is 0 Å². The molecule has 6 heteroatoms. The zero-order valence-electron chi connectivity index (χ0n) is 11.0. The number of benzene rings is 1. The normalized spacial score (nSPS) is 12.7. The molecule has 0 fully saturated rings. The zero-order chi connectivity index (χ0) is 14.2. The Labute approximate surface area is 124 Å². The summed E-state index contributed by atoms with van der Waals surface area (Å²) in [4.78, 5) is 2.08. The number of fused-ring (bicyclic) bond motifs is 1. The number of nitrogens with one attached hydrogen (secondary N) is 1. The van der Waals surface area contributed by atoms with Gasteiger partial charge in [0.1, 0.15) is 17.5 Å². The van der Waals surface area contributed by atoms with Gasteiger partial charge in [-0.25, -0.2) is 0 Å². The summed E-state index contributed by atoms with van der Waals surface area (Å²) in [5.74, 6) is 0.985. The lowest BCUT2D eigenvalue weighted by atomic mass is 10.1. The summed E-state index contributed by atoms with van der Waals surface area (Å²) in [6.07, 6.45) is 0.962. The highest BCUT2D eigenvalue weighted by Gasteiger charge is 2.15. The van der Waals surface area contributed by atoms with Crippen molar-refractivity contribution < 1.29 is 4.74 Å². The molecule has 0 spiro atoms. The Morgan fingerprint density at radius 3 is 3.00 bits per heavy atom. The van der Waals surface area contributed by atoms with Crippen LogP contribution >= 0.6 is 11.3 Å². The molecule has 0 atom stereocenters. The Kier molecular flexibility index (Phi) is 2.72. The molecule has 21 heavy (non-hydrogen) atoms. The molecule has 3 aromatic rings. The van der Waals surface area contributed by atoms with E-state index in [0.717, 1.165) is 34.1 Å². The fourth-order valence-corrected chi connectivity index (χ4v) is 3.43. The van der Waals surface area contributed by atoms with E-state index in [0.29, 0.717) is 11.4 Å². The van der Waals surface area contributed by atoms with Crippen LogP contribution < -0.4 is 4.74 Å². The average Bonchev–Trinajstić information content (AvgIpc) is 3.24. The van der Waals surface area contributed by atoms with Crippen LogP contribution in [-0.4, -0.2) is 22.0 Å². The van der Waals surface area contributed by atoms with Crippen molar-refractivity contribution in [2.24, 2.45) is 0 Å². The first-order valence-corrected chi connectivity index (χ1v) is 7.34. The van der Waals surface area contributed by atoms with Crippen molar-refractivity contribution in [3.63, 3.8) is 0 Å². The van der Waals surface area contributed by atoms with Gasteiger partial charge in [-0.3, -0.25) is 0 Å². The van der Waals surface area contributed by atoms with Crippen molar-refractivity contribution in [2.45, 2.75) is 6.42 Å². The van der Waals surface area contributed by atoms with Crippen molar-refractivity contribution in [1.82, 2.24) is 15.4 Å². The second-order valence-electron chi connectivity index (χ2n) is 4.72. The molecule has 0 radical (unpaired) electrons. The molecular formula is C15H10N4OS. The largest absolute Gasteiger partial charge is 0.493 e. The van der Waals surface area contributed by atoms with E-state index < -0.39 is 0 Å². The van der Waals surface area contributed by atoms with Crippen LogP contribution in [0.5, 0.6) is 5.75 Å². The standard InChI is InChI=1S/C15H10N4OS/c16-8-11-15(18-19-17-11)14-4-3-13(21-14)10-1-2-12-9(7-10)5-6-20-12/h1-4,7H,5-6H2,(H,17,18,19). The maximum atomic E-state index is 9.02. The lowest BCUT2D eigenvalue weighted by Gasteiger charge is -2.01. The number of nitriles is 1. The smallest absolute Gasteiger partial charge is 0.191 e. The minimum Gasteiger partial charge on any atom is -0.493 e. The molecular weight excluding hydrogens is 284 g/mol. The molecule has 0 bridgehead atoms. The van der Waals surface area contributed by atoms with E-state index in [9.17, 15) is 0 Å². The molecule has 102 valence electrons. The molecule has 0 saturated carbocycles. The Hall–Kier alpha value is -2.65. The molecule has 3 heterocycles. The number of H-pyrrole nitrogens is 1. The molecule has 2 aromatic heterocycles. The van der Waals surface area contributed by atoms with Crippen molar-refractivity contribution in [3.05, 3.63) is 41.6 Å². The maximum absolute atomic E-state index is 9.02. The topological polar surface area (TPSA) is 74.6 Å². The second-order valence-corrected chi connectivity index (χ2v) is 5.80. The van der Waals surface area contributed by atoms with Gasteiger partial charge in [-0.2, -0.15) is 15.6 Å². The minimum atomic E-state index is 0.325. The van der Waals surface area contributed by atoms with E-state index >= 15 is 0 Å². The summed E-state index contributed by atoms with van der Waals surface area (Å²) in [6, 6.07) is 12.3. The fourth-order valence-electron chi connectivity index (χ4n) is 2.44. The van der Waals surface area contributed by atoms with Gasteiger partial charge in [0.2, 0.25) is 0 Å². The number of rotatable bonds is 2. The number of ether oxygens (including phenoxy) is 1. The Morgan fingerprint density at radius 1 is 1.19 bits per heavy atom. The van der Waals surface area contributed by atoms with Crippen LogP contribution in [0.1, 0.15) is 11.3 Å². The van der Waals surface area contributed by atoms with E-state index in [4.69, 9.17) is 10.00 Å². The SMILES string of the molecule is N#Cc1n[nH]nc1-c1ccc(-c2ccc3c(c2)CCO3)s1. The molecule has 0 saturated heterocycles. The highest BCUT2D eigenvalue weighted by Crippen LogP contribution is 2.37. The fraction of sp³-hybridized carbons (Fsp3) is 0.133. The lowest BCUT2D eigenvalue weighted by Crippen LogP contribution is -1.85. The number of hydrogen-bond acceptors (Lipinski definition) is 5. The Bertz CT molecular complexity index is 859. The number of aromatic nitrogens is 3. The van der Waals surface area contributed by atoms with Gasteiger partial charge in [-0.15, -0.1) is 16.4 Å². The highest BCUT2D eigenvalue weighted by atomic mass is 32.1. The first kappa shape index (κ1) is 12.1. The van der Waals surface area contributed by atoms with Gasteiger partial charge in [-0.1, -0.05) is 0 Å². The summed E-state index contributed by atoms with van der Waals surface area (Å²) >= 11 is 1.60. The monoisotopic (exact) mass is 294 g/mol.